The van der Waals surface area contributed by atoms with Gasteiger partial charge in [-0.25, -0.2) is 0 Å². The quantitative estimate of drug-likeness (QED) is 0.300. The molecule has 32 heavy (non-hydrogen) atoms. The predicted octanol–water partition coefficient (Wildman–Crippen LogP) is 6.13. The van der Waals surface area contributed by atoms with Gasteiger partial charge in [-0.1, -0.05) is 41.4 Å². The Balaban J connectivity index is 0.00000114. The van der Waals surface area contributed by atoms with Gasteiger partial charge in [-0.3, -0.25) is 14.4 Å². The molecule has 3 rings (SSSR count). The van der Waals surface area contributed by atoms with Crippen molar-refractivity contribution in [1.29, 1.82) is 0 Å². The largest absolute Gasteiger partial charge is 0.496 e. The zero-order valence-corrected chi connectivity index (χ0v) is 20.4. The Bertz CT molecular complexity index is 1150. The van der Waals surface area contributed by atoms with Crippen LogP contribution in [0.2, 0.25) is 10.0 Å². The number of nitrogens with zero attached hydrogens (tertiary/aromatic N) is 1. The molecule has 9 heteroatoms. The highest BCUT2D eigenvalue weighted by Crippen LogP contribution is 2.34. The minimum Gasteiger partial charge on any atom is -0.496 e. The lowest BCUT2D eigenvalue weighted by Crippen LogP contribution is -2.31. The second kappa shape index (κ2) is 11.9. The maximum absolute atomic E-state index is 12.8. The Labute approximate surface area is 203 Å². The van der Waals surface area contributed by atoms with Gasteiger partial charge >= 0.3 is 0 Å². The molecule has 0 atom stereocenters. The summed E-state index contributed by atoms with van der Waals surface area (Å²) in [6.07, 6.45) is -0.184. The van der Waals surface area contributed by atoms with Crippen molar-refractivity contribution in [2.24, 2.45) is 0 Å². The van der Waals surface area contributed by atoms with Crippen LogP contribution >= 0.6 is 39.1 Å². The first-order valence-corrected chi connectivity index (χ1v) is 10.8. The number of hydrogen-bond donors (Lipinski definition) is 1. The van der Waals surface area contributed by atoms with Crippen LogP contribution in [0.3, 0.4) is 0 Å². The summed E-state index contributed by atoms with van der Waals surface area (Å²) in [7, 11) is 1.62. The molecule has 0 aliphatic heterocycles. The highest BCUT2D eigenvalue weighted by atomic mass is 79.9. The van der Waals surface area contributed by atoms with Crippen molar-refractivity contribution in [2.75, 3.05) is 12.0 Å². The molecule has 3 aromatic rings. The van der Waals surface area contributed by atoms with E-state index < -0.39 is 0 Å². The topological polar surface area (TPSA) is 83.9 Å². The first kappa shape index (κ1) is 25.6. The molecule has 0 aliphatic rings. The summed E-state index contributed by atoms with van der Waals surface area (Å²) in [5.41, 5.74) is 1.50. The molecule has 1 amide bonds. The maximum Gasteiger partial charge on any atom is 0.290 e. The number of rotatable bonds is 6. The van der Waals surface area contributed by atoms with Gasteiger partial charge in [-0.15, -0.1) is 0 Å². The molecule has 0 saturated heterocycles. The molecular formula is C23H20BrCl2NO5. The van der Waals surface area contributed by atoms with Crippen molar-refractivity contribution >= 4 is 73.8 Å². The van der Waals surface area contributed by atoms with Gasteiger partial charge in [0.05, 0.1) is 34.6 Å². The molecule has 0 bridgehead atoms. The lowest BCUT2D eigenvalue weighted by atomic mass is 10.1. The van der Waals surface area contributed by atoms with E-state index in [-0.39, 0.29) is 24.6 Å². The summed E-state index contributed by atoms with van der Waals surface area (Å²) < 4.78 is 6.21. The lowest BCUT2D eigenvalue weighted by molar-refractivity contribution is -0.126. The third-order valence-electron chi connectivity index (χ3n) is 4.46. The Hall–Kier alpha value is -2.61. The number of ketones is 1. The van der Waals surface area contributed by atoms with Gasteiger partial charge in [0.2, 0.25) is 5.91 Å². The number of fused-ring (bicyclic) bond motifs is 1. The Morgan fingerprint density at radius 2 is 1.78 bits per heavy atom. The summed E-state index contributed by atoms with van der Waals surface area (Å²) in [5, 5.41) is 9.64. The molecule has 0 fully saturated rings. The number of hydrogen-bond acceptors (Lipinski definition) is 4. The van der Waals surface area contributed by atoms with Gasteiger partial charge in [0.25, 0.3) is 6.47 Å². The number of halogens is 3. The zero-order chi connectivity index (χ0) is 23.8. The smallest absolute Gasteiger partial charge is 0.290 e. The third kappa shape index (κ3) is 6.45. The van der Waals surface area contributed by atoms with Gasteiger partial charge in [0.1, 0.15) is 11.5 Å². The molecule has 0 unspecified atom stereocenters. The van der Waals surface area contributed by atoms with Crippen molar-refractivity contribution in [3.05, 3.63) is 68.6 Å². The molecular weight excluding hydrogens is 521 g/mol. The number of amides is 1. The van der Waals surface area contributed by atoms with E-state index in [0.717, 1.165) is 26.6 Å². The summed E-state index contributed by atoms with van der Waals surface area (Å²) >= 11 is 15.7. The van der Waals surface area contributed by atoms with E-state index in [1.807, 2.05) is 30.3 Å². The van der Waals surface area contributed by atoms with E-state index in [0.29, 0.717) is 22.3 Å². The number of carbonyl (C=O) groups is 3. The zero-order valence-electron chi connectivity index (χ0n) is 17.3. The SMILES string of the molecule is COc1ccc2cc(CN(C(=O)CC(C)=O)c3ccc(Cl)c(Cl)c3)ccc2c1Br.O=CO. The van der Waals surface area contributed by atoms with Crippen molar-refractivity contribution in [2.45, 2.75) is 19.9 Å². The number of ether oxygens (including phenoxy) is 1. The molecule has 6 nitrogen and oxygen atoms in total. The maximum atomic E-state index is 12.8. The van der Waals surface area contributed by atoms with Crippen LogP contribution in [0.1, 0.15) is 18.9 Å². The molecule has 168 valence electrons. The van der Waals surface area contributed by atoms with E-state index in [1.54, 1.807) is 30.2 Å². The molecule has 0 aromatic heterocycles. The van der Waals surface area contributed by atoms with E-state index in [2.05, 4.69) is 15.9 Å². The van der Waals surface area contributed by atoms with Crippen LogP contribution < -0.4 is 9.64 Å². The van der Waals surface area contributed by atoms with Gasteiger partial charge in [-0.2, -0.15) is 0 Å². The van der Waals surface area contributed by atoms with Crippen LogP contribution in [-0.2, 0) is 20.9 Å². The van der Waals surface area contributed by atoms with Crippen LogP contribution in [0.25, 0.3) is 10.8 Å². The number of carboxylic acid groups (broad SMARTS) is 1. The van der Waals surface area contributed by atoms with E-state index in [1.165, 1.54) is 6.92 Å². The summed E-state index contributed by atoms with van der Waals surface area (Å²) in [4.78, 5) is 34.2. The molecule has 0 spiro atoms. The fourth-order valence-electron chi connectivity index (χ4n) is 3.04. The predicted molar refractivity (Wildman–Crippen MR) is 130 cm³/mol. The van der Waals surface area contributed by atoms with Gasteiger partial charge < -0.3 is 14.7 Å². The van der Waals surface area contributed by atoms with Gasteiger partial charge in [-0.05, 0) is 69.5 Å². The molecule has 3 aromatic carbocycles. The van der Waals surface area contributed by atoms with Crippen molar-refractivity contribution in [1.82, 2.24) is 0 Å². The molecule has 0 heterocycles. The van der Waals surface area contributed by atoms with Crippen LogP contribution in [0.15, 0.2) is 53.0 Å². The summed E-state index contributed by atoms with van der Waals surface area (Å²) in [6.45, 7) is 1.44. The normalized spacial score (nSPS) is 10.2. The minimum atomic E-state index is -0.299. The number of benzene rings is 3. The number of carbonyl (C=O) groups excluding carboxylic acids is 2. The Morgan fingerprint density at radius 1 is 1.09 bits per heavy atom. The second-order valence-corrected chi connectivity index (χ2v) is 8.31. The average molecular weight is 541 g/mol. The fraction of sp³-hybridized carbons (Fsp3) is 0.174. The number of methoxy groups -OCH3 is 1. The van der Waals surface area contributed by atoms with E-state index >= 15 is 0 Å². The average Bonchev–Trinajstić information content (AvgIpc) is 2.74. The minimum absolute atomic E-state index is 0.184. The van der Waals surface area contributed by atoms with Crippen LogP contribution in [-0.4, -0.2) is 30.4 Å². The van der Waals surface area contributed by atoms with E-state index in [9.17, 15) is 9.59 Å². The highest BCUT2D eigenvalue weighted by Gasteiger charge is 2.19. The second-order valence-electron chi connectivity index (χ2n) is 6.70. The fourth-order valence-corrected chi connectivity index (χ4v) is 3.99. The van der Waals surface area contributed by atoms with Crippen molar-refractivity contribution in [3.8, 4) is 5.75 Å². The molecule has 0 radical (unpaired) electrons. The molecule has 1 N–H and O–H groups in total. The Morgan fingerprint density at radius 3 is 2.38 bits per heavy atom. The first-order chi connectivity index (χ1) is 15.2. The van der Waals surface area contributed by atoms with Crippen LogP contribution in [0.5, 0.6) is 5.75 Å². The molecule has 0 aliphatic carbocycles. The molecule has 0 saturated carbocycles. The highest BCUT2D eigenvalue weighted by molar-refractivity contribution is 9.10. The standard InChI is InChI=1S/C22H18BrCl2NO3.CH2O2/c1-13(27)9-21(28)26(16-5-7-18(24)19(25)11-16)12-14-3-6-17-15(10-14)4-8-20(29-2)22(17)23;2-1-3/h3-8,10-11H,9,12H2,1-2H3;1H,(H,2,3). The number of Topliss-reactive ketones (excluding diaryl/α,β-unsaturated/α-hetero) is 1. The van der Waals surface area contributed by atoms with Crippen LogP contribution in [0, 0.1) is 0 Å². The van der Waals surface area contributed by atoms with Gasteiger partial charge in [0, 0.05) is 5.69 Å². The lowest BCUT2D eigenvalue weighted by Gasteiger charge is -2.23. The van der Waals surface area contributed by atoms with Crippen molar-refractivity contribution < 1.29 is 24.2 Å². The Kier molecular flexibility index (Phi) is 9.50. The summed E-state index contributed by atoms with van der Waals surface area (Å²) in [6, 6.07) is 14.7. The van der Waals surface area contributed by atoms with Crippen LogP contribution in [0.4, 0.5) is 5.69 Å². The van der Waals surface area contributed by atoms with Gasteiger partial charge in [0.15, 0.2) is 0 Å². The first-order valence-electron chi connectivity index (χ1n) is 9.29. The van der Waals surface area contributed by atoms with E-state index in [4.69, 9.17) is 37.8 Å². The van der Waals surface area contributed by atoms with Crippen molar-refractivity contribution in [3.63, 3.8) is 0 Å². The number of anilines is 1. The summed E-state index contributed by atoms with van der Waals surface area (Å²) in [5.74, 6) is 0.251. The third-order valence-corrected chi connectivity index (χ3v) is 6.02. The monoisotopic (exact) mass is 539 g/mol.